The first-order valence-corrected chi connectivity index (χ1v) is 13.5. The number of ether oxygens (including phenoxy) is 3. The van der Waals surface area contributed by atoms with Crippen LogP contribution in [0.3, 0.4) is 0 Å². The zero-order chi connectivity index (χ0) is 27.7. The van der Waals surface area contributed by atoms with Crippen molar-refractivity contribution >= 4 is 39.7 Å². The molecule has 5 rings (SSSR count). The predicted molar refractivity (Wildman–Crippen MR) is 146 cm³/mol. The largest absolute Gasteiger partial charge is 0.507 e. The topological polar surface area (TPSA) is 115 Å². The molecule has 0 bridgehead atoms. The number of amides is 1. The Morgan fingerprint density at radius 1 is 1.15 bits per heavy atom. The van der Waals surface area contributed by atoms with Gasteiger partial charge in [0.05, 0.1) is 28.8 Å². The maximum absolute atomic E-state index is 13.5. The van der Waals surface area contributed by atoms with Crippen LogP contribution in [0.4, 0.5) is 5.13 Å². The summed E-state index contributed by atoms with van der Waals surface area (Å²) in [6, 6.07) is 10.9. The van der Waals surface area contributed by atoms with Crippen LogP contribution in [0, 0.1) is 6.92 Å². The van der Waals surface area contributed by atoms with Gasteiger partial charge in [-0.2, -0.15) is 0 Å². The van der Waals surface area contributed by atoms with Crippen LogP contribution >= 0.6 is 11.3 Å². The quantitative estimate of drug-likeness (QED) is 0.134. The minimum atomic E-state index is -1.00. The van der Waals surface area contributed by atoms with Gasteiger partial charge in [0.15, 0.2) is 22.4 Å². The molecule has 2 aliphatic heterocycles. The number of rotatable bonds is 8. The van der Waals surface area contributed by atoms with E-state index in [-0.39, 0.29) is 22.2 Å². The van der Waals surface area contributed by atoms with Crippen molar-refractivity contribution in [2.75, 3.05) is 24.7 Å². The number of Topliss-reactive ketones (excluding diaryl/α,β-unsaturated/α-hetero) is 2. The highest BCUT2D eigenvalue weighted by atomic mass is 32.1. The number of aryl methyl sites for hydroxylation is 1. The molecule has 1 aromatic heterocycles. The summed E-state index contributed by atoms with van der Waals surface area (Å²) < 4.78 is 17.1. The second-order valence-electron chi connectivity index (χ2n) is 9.27. The summed E-state index contributed by atoms with van der Waals surface area (Å²) in [6.07, 6.45) is 1.84. The van der Waals surface area contributed by atoms with Crippen LogP contribution in [-0.2, 0) is 9.59 Å². The van der Waals surface area contributed by atoms with Gasteiger partial charge in [0.2, 0.25) is 0 Å². The average Bonchev–Trinajstić information content (AvgIpc) is 3.45. The van der Waals surface area contributed by atoms with E-state index >= 15 is 0 Å². The molecular formula is C29H28N2O7S. The van der Waals surface area contributed by atoms with Gasteiger partial charge in [0.1, 0.15) is 24.7 Å². The van der Waals surface area contributed by atoms with Gasteiger partial charge in [-0.05, 0) is 49.2 Å². The van der Waals surface area contributed by atoms with Gasteiger partial charge >= 0.3 is 5.91 Å². The number of carbonyl (C=O) groups is 3. The third-order valence-electron chi connectivity index (χ3n) is 6.51. The molecule has 0 saturated carbocycles. The number of nitrogens with zero attached hydrogens (tertiary/aromatic N) is 2. The number of anilines is 1. The Morgan fingerprint density at radius 3 is 2.64 bits per heavy atom. The van der Waals surface area contributed by atoms with Crippen molar-refractivity contribution in [2.45, 2.75) is 39.7 Å². The lowest BCUT2D eigenvalue weighted by Gasteiger charge is -2.24. The maximum Gasteiger partial charge on any atom is 0.301 e. The van der Waals surface area contributed by atoms with Crippen molar-refractivity contribution in [1.82, 2.24) is 4.98 Å². The Bertz CT molecular complexity index is 1490. The minimum absolute atomic E-state index is 0.0976. The number of thiazole rings is 1. The van der Waals surface area contributed by atoms with E-state index in [2.05, 4.69) is 11.9 Å². The van der Waals surface area contributed by atoms with Gasteiger partial charge < -0.3 is 19.3 Å². The van der Waals surface area contributed by atoms with Gasteiger partial charge in [-0.3, -0.25) is 19.3 Å². The van der Waals surface area contributed by atoms with E-state index in [1.54, 1.807) is 49.4 Å². The molecule has 2 aliphatic rings. The van der Waals surface area contributed by atoms with E-state index in [0.717, 1.165) is 24.2 Å². The molecule has 202 valence electrons. The van der Waals surface area contributed by atoms with Gasteiger partial charge in [-0.25, -0.2) is 4.98 Å². The molecule has 0 aliphatic carbocycles. The zero-order valence-electron chi connectivity index (χ0n) is 21.9. The molecule has 39 heavy (non-hydrogen) atoms. The second-order valence-corrected chi connectivity index (χ2v) is 10.2. The summed E-state index contributed by atoms with van der Waals surface area (Å²) in [5, 5.41) is 11.7. The van der Waals surface area contributed by atoms with E-state index in [4.69, 9.17) is 14.2 Å². The van der Waals surface area contributed by atoms with Crippen molar-refractivity contribution in [3.05, 3.63) is 69.7 Å². The molecule has 3 heterocycles. The van der Waals surface area contributed by atoms with Gasteiger partial charge in [0, 0.05) is 12.5 Å². The van der Waals surface area contributed by atoms with Crippen LogP contribution in [0.2, 0.25) is 0 Å². The highest BCUT2D eigenvalue weighted by Crippen LogP contribution is 2.45. The summed E-state index contributed by atoms with van der Waals surface area (Å²) >= 11 is 1.04. The number of carbonyl (C=O) groups excluding carboxylic acids is 3. The molecule has 1 unspecified atom stereocenters. The number of hydrogen-bond acceptors (Lipinski definition) is 9. The number of fused-ring (bicyclic) bond motifs is 1. The highest BCUT2D eigenvalue weighted by Gasteiger charge is 2.48. The van der Waals surface area contributed by atoms with Crippen molar-refractivity contribution in [3.63, 3.8) is 0 Å². The Labute approximate surface area is 229 Å². The third-order valence-corrected chi connectivity index (χ3v) is 7.77. The van der Waals surface area contributed by atoms with Crippen LogP contribution in [0.25, 0.3) is 5.76 Å². The van der Waals surface area contributed by atoms with Crippen LogP contribution in [-0.4, -0.2) is 47.4 Å². The molecule has 2 aromatic carbocycles. The number of aromatic nitrogens is 1. The fourth-order valence-corrected chi connectivity index (χ4v) is 5.60. The number of benzene rings is 2. The van der Waals surface area contributed by atoms with E-state index in [9.17, 15) is 19.5 Å². The van der Waals surface area contributed by atoms with Crippen LogP contribution < -0.4 is 19.1 Å². The van der Waals surface area contributed by atoms with Crippen LogP contribution in [0.1, 0.15) is 59.2 Å². The molecule has 1 amide bonds. The van der Waals surface area contributed by atoms with Crippen LogP contribution in [0.15, 0.2) is 48.0 Å². The lowest BCUT2D eigenvalue weighted by Crippen LogP contribution is -2.29. The Morgan fingerprint density at radius 2 is 1.92 bits per heavy atom. The maximum atomic E-state index is 13.5. The Balaban J connectivity index is 1.66. The molecule has 9 nitrogen and oxygen atoms in total. The standard InChI is InChI=1S/C29H28N2O7S/c1-4-5-11-36-20-8-6-7-18(14-20)24-23(25(33)19-9-10-21-22(15-19)38-13-12-37-21)26(34)28(35)31(24)29-30-16(2)27(39-29)17(3)32/h6-10,14-15,24,33H,4-5,11-13H2,1-3H3/b25-23+. The molecule has 1 saturated heterocycles. The summed E-state index contributed by atoms with van der Waals surface area (Å²) in [6.45, 7) is 6.46. The summed E-state index contributed by atoms with van der Waals surface area (Å²) in [5.41, 5.74) is 1.23. The molecule has 1 fully saturated rings. The zero-order valence-corrected chi connectivity index (χ0v) is 22.7. The predicted octanol–water partition coefficient (Wildman–Crippen LogP) is 5.23. The van der Waals surface area contributed by atoms with Crippen molar-refractivity contribution in [1.29, 1.82) is 0 Å². The molecule has 1 N–H and O–H groups in total. The van der Waals surface area contributed by atoms with Gasteiger partial charge in [-0.15, -0.1) is 0 Å². The average molecular weight is 549 g/mol. The number of aliphatic hydroxyl groups is 1. The number of ketones is 2. The molecule has 10 heteroatoms. The van der Waals surface area contributed by atoms with E-state index in [1.807, 2.05) is 0 Å². The van der Waals surface area contributed by atoms with E-state index in [0.29, 0.717) is 58.8 Å². The lowest BCUT2D eigenvalue weighted by molar-refractivity contribution is -0.132. The molecule has 1 atom stereocenters. The highest BCUT2D eigenvalue weighted by molar-refractivity contribution is 7.18. The summed E-state index contributed by atoms with van der Waals surface area (Å²) in [5.74, 6) is -0.708. The molecule has 0 spiro atoms. The normalized spacial score (nSPS) is 17.9. The molecular weight excluding hydrogens is 520 g/mol. The third kappa shape index (κ3) is 4.99. The first kappa shape index (κ1) is 26.4. The summed E-state index contributed by atoms with van der Waals surface area (Å²) in [4.78, 5) is 45.3. The minimum Gasteiger partial charge on any atom is -0.507 e. The fraction of sp³-hybridized carbons (Fsp3) is 0.310. The SMILES string of the molecule is CCCCOc1cccc(C2/C(=C(\O)c3ccc4c(c3)OCCO4)C(=O)C(=O)N2c2nc(C)c(C(C)=O)s2)c1. The number of aliphatic hydroxyl groups excluding tert-OH is 1. The Kier molecular flexibility index (Phi) is 7.38. The fourth-order valence-electron chi connectivity index (χ4n) is 4.61. The molecule has 3 aromatic rings. The van der Waals surface area contributed by atoms with Crippen LogP contribution in [0.5, 0.6) is 17.2 Å². The van der Waals surface area contributed by atoms with E-state index in [1.165, 1.54) is 11.8 Å². The van der Waals surface area contributed by atoms with Gasteiger partial charge in [-0.1, -0.05) is 36.8 Å². The van der Waals surface area contributed by atoms with Crippen molar-refractivity contribution in [3.8, 4) is 17.2 Å². The Hall–Kier alpha value is -4.18. The lowest BCUT2D eigenvalue weighted by atomic mass is 9.95. The number of unbranched alkanes of at least 4 members (excludes halogenated alkanes) is 1. The first-order valence-electron chi connectivity index (χ1n) is 12.7. The summed E-state index contributed by atoms with van der Waals surface area (Å²) in [7, 11) is 0. The monoisotopic (exact) mass is 548 g/mol. The van der Waals surface area contributed by atoms with Crippen molar-refractivity contribution < 1.29 is 33.7 Å². The van der Waals surface area contributed by atoms with Crippen molar-refractivity contribution in [2.24, 2.45) is 0 Å². The first-order chi connectivity index (χ1) is 18.8. The van der Waals surface area contributed by atoms with E-state index < -0.39 is 17.7 Å². The second kappa shape index (κ2) is 10.9. The van der Waals surface area contributed by atoms with Gasteiger partial charge in [0.25, 0.3) is 5.78 Å². The number of hydrogen-bond donors (Lipinski definition) is 1. The smallest absolute Gasteiger partial charge is 0.301 e. The molecule has 0 radical (unpaired) electrons.